The van der Waals surface area contributed by atoms with Crippen molar-refractivity contribution in [3.05, 3.63) is 35.9 Å². The highest BCUT2D eigenvalue weighted by molar-refractivity contribution is 5.87. The van der Waals surface area contributed by atoms with E-state index in [2.05, 4.69) is 5.32 Å². The first-order chi connectivity index (χ1) is 10.2. The Balaban J connectivity index is 1.69. The lowest BCUT2D eigenvalue weighted by atomic mass is 9.92. The van der Waals surface area contributed by atoms with Gasteiger partial charge >= 0.3 is 5.97 Å². The molecule has 1 saturated heterocycles. The number of rotatable bonds is 3. The van der Waals surface area contributed by atoms with Gasteiger partial charge in [0.25, 0.3) is 0 Å². The van der Waals surface area contributed by atoms with Crippen LogP contribution in [0.3, 0.4) is 0 Å². The number of carbonyl (C=O) groups is 2. The first kappa shape index (κ1) is 14.1. The number of benzene rings is 1. The van der Waals surface area contributed by atoms with Crippen molar-refractivity contribution in [1.82, 2.24) is 5.32 Å². The van der Waals surface area contributed by atoms with Crippen LogP contribution in [0.1, 0.15) is 50.2 Å². The third-order valence-corrected chi connectivity index (χ3v) is 4.43. The van der Waals surface area contributed by atoms with Crippen LogP contribution < -0.4 is 5.32 Å². The summed E-state index contributed by atoms with van der Waals surface area (Å²) in [6.45, 7) is 0. The van der Waals surface area contributed by atoms with E-state index in [1.807, 2.05) is 30.3 Å². The molecule has 21 heavy (non-hydrogen) atoms. The van der Waals surface area contributed by atoms with Gasteiger partial charge < -0.3 is 10.1 Å². The number of hydrogen-bond donors (Lipinski definition) is 1. The maximum atomic E-state index is 12.5. The van der Waals surface area contributed by atoms with Gasteiger partial charge in [0.1, 0.15) is 6.10 Å². The third kappa shape index (κ3) is 3.26. The summed E-state index contributed by atoms with van der Waals surface area (Å²) in [5, 5.41) is 3.11. The Morgan fingerprint density at radius 3 is 2.52 bits per heavy atom. The number of ether oxygens (including phenoxy) is 1. The number of esters is 1. The van der Waals surface area contributed by atoms with E-state index in [-0.39, 0.29) is 24.3 Å². The first-order valence-electron chi connectivity index (χ1n) is 7.79. The monoisotopic (exact) mass is 287 g/mol. The van der Waals surface area contributed by atoms with Gasteiger partial charge in [0.05, 0.1) is 12.3 Å². The van der Waals surface area contributed by atoms with Gasteiger partial charge in [0.2, 0.25) is 5.91 Å². The largest absolute Gasteiger partial charge is 0.457 e. The Bertz CT molecular complexity index is 508. The molecule has 0 unspecified atom stereocenters. The minimum Gasteiger partial charge on any atom is -0.457 e. The van der Waals surface area contributed by atoms with Crippen LogP contribution in [0.25, 0.3) is 0 Å². The molecule has 1 aliphatic carbocycles. The number of carbonyl (C=O) groups excluding carboxylic acids is 2. The van der Waals surface area contributed by atoms with Gasteiger partial charge in [0.15, 0.2) is 0 Å². The summed E-state index contributed by atoms with van der Waals surface area (Å²) in [5.74, 6) is -0.726. The van der Waals surface area contributed by atoms with Gasteiger partial charge in [-0.3, -0.25) is 9.59 Å². The van der Waals surface area contributed by atoms with E-state index >= 15 is 0 Å². The number of amides is 1. The highest BCUT2D eigenvalue weighted by Gasteiger charge is 2.41. The van der Waals surface area contributed by atoms with E-state index in [0.717, 1.165) is 18.4 Å². The number of cyclic esters (lactones) is 1. The Morgan fingerprint density at radius 1 is 1.10 bits per heavy atom. The summed E-state index contributed by atoms with van der Waals surface area (Å²) in [5.41, 5.74) is 0.896. The summed E-state index contributed by atoms with van der Waals surface area (Å²) in [7, 11) is 0. The molecule has 1 amide bonds. The molecule has 112 valence electrons. The minimum atomic E-state index is -0.442. The fourth-order valence-corrected chi connectivity index (χ4v) is 3.29. The van der Waals surface area contributed by atoms with Crippen LogP contribution in [0.5, 0.6) is 0 Å². The minimum absolute atomic E-state index is 0.0402. The smallest absolute Gasteiger partial charge is 0.307 e. The Morgan fingerprint density at radius 2 is 1.81 bits per heavy atom. The summed E-state index contributed by atoms with van der Waals surface area (Å²) < 4.78 is 5.37. The zero-order valence-electron chi connectivity index (χ0n) is 12.1. The van der Waals surface area contributed by atoms with Crippen LogP contribution in [0, 0.1) is 5.92 Å². The number of nitrogens with one attached hydrogen (secondary N) is 1. The molecule has 1 heterocycles. The summed E-state index contributed by atoms with van der Waals surface area (Å²) in [4.78, 5) is 24.1. The topological polar surface area (TPSA) is 55.4 Å². The van der Waals surface area contributed by atoms with Crippen molar-refractivity contribution in [3.8, 4) is 0 Å². The van der Waals surface area contributed by atoms with Crippen LogP contribution in [-0.2, 0) is 14.3 Å². The van der Waals surface area contributed by atoms with Gasteiger partial charge in [-0.15, -0.1) is 0 Å². The van der Waals surface area contributed by atoms with Crippen molar-refractivity contribution < 1.29 is 14.3 Å². The summed E-state index contributed by atoms with van der Waals surface area (Å²) >= 11 is 0. The second-order valence-electron chi connectivity index (χ2n) is 5.98. The molecule has 2 fully saturated rings. The van der Waals surface area contributed by atoms with E-state index in [1.54, 1.807) is 0 Å². The molecule has 2 atom stereocenters. The fourth-order valence-electron chi connectivity index (χ4n) is 3.29. The van der Waals surface area contributed by atoms with Crippen molar-refractivity contribution in [2.75, 3.05) is 0 Å². The first-order valence-corrected chi connectivity index (χ1v) is 7.79. The predicted molar refractivity (Wildman–Crippen MR) is 78.4 cm³/mol. The highest BCUT2D eigenvalue weighted by atomic mass is 16.6. The van der Waals surface area contributed by atoms with Crippen LogP contribution in [-0.4, -0.2) is 17.9 Å². The average molecular weight is 287 g/mol. The molecule has 4 heteroatoms. The zero-order valence-corrected chi connectivity index (χ0v) is 12.1. The predicted octanol–water partition coefficient (Wildman–Crippen LogP) is 2.74. The zero-order chi connectivity index (χ0) is 14.7. The van der Waals surface area contributed by atoms with E-state index in [9.17, 15) is 9.59 Å². The maximum Gasteiger partial charge on any atom is 0.307 e. The molecule has 4 nitrogen and oxygen atoms in total. The van der Waals surface area contributed by atoms with Crippen molar-refractivity contribution in [1.29, 1.82) is 0 Å². The maximum absolute atomic E-state index is 12.5. The van der Waals surface area contributed by atoms with E-state index in [1.165, 1.54) is 19.3 Å². The van der Waals surface area contributed by atoms with Crippen molar-refractivity contribution >= 4 is 11.9 Å². The summed E-state index contributed by atoms with van der Waals surface area (Å²) in [6, 6.07) is 9.79. The molecule has 1 N–H and O–H groups in total. The molecule has 1 saturated carbocycles. The molecular weight excluding hydrogens is 266 g/mol. The van der Waals surface area contributed by atoms with Crippen molar-refractivity contribution in [3.63, 3.8) is 0 Å². The van der Waals surface area contributed by atoms with Gasteiger partial charge in [-0.25, -0.2) is 0 Å². The number of hydrogen-bond acceptors (Lipinski definition) is 3. The molecule has 0 aromatic heterocycles. The average Bonchev–Trinajstić information content (AvgIpc) is 2.91. The van der Waals surface area contributed by atoms with Crippen LogP contribution in [0.4, 0.5) is 0 Å². The molecule has 1 aliphatic heterocycles. The van der Waals surface area contributed by atoms with Gasteiger partial charge in [0, 0.05) is 6.04 Å². The van der Waals surface area contributed by atoms with Crippen molar-refractivity contribution in [2.45, 2.75) is 50.7 Å². The van der Waals surface area contributed by atoms with E-state index < -0.39 is 12.0 Å². The lowest BCUT2D eigenvalue weighted by Gasteiger charge is -2.25. The molecule has 3 rings (SSSR count). The Hall–Kier alpha value is -1.84. The standard InChI is InChI=1S/C17H21NO3/c19-15-11-14(16(21-15)12-7-3-1-4-8-12)17(20)18-13-9-5-2-6-10-13/h1,3-4,7-8,13-14,16H,2,5-6,9-11H2,(H,18,20)/t14-,16-/m1/s1. The normalized spacial score (nSPS) is 26.4. The third-order valence-electron chi connectivity index (χ3n) is 4.43. The van der Waals surface area contributed by atoms with Gasteiger partial charge in [-0.1, -0.05) is 49.6 Å². The second-order valence-corrected chi connectivity index (χ2v) is 5.98. The van der Waals surface area contributed by atoms with E-state index in [4.69, 9.17) is 4.74 Å². The Labute approximate surface area is 124 Å². The molecule has 0 radical (unpaired) electrons. The molecule has 0 spiro atoms. The lowest BCUT2D eigenvalue weighted by Crippen LogP contribution is -2.40. The lowest BCUT2D eigenvalue weighted by molar-refractivity contribution is -0.141. The van der Waals surface area contributed by atoms with Crippen molar-refractivity contribution in [2.24, 2.45) is 5.92 Å². The fraction of sp³-hybridized carbons (Fsp3) is 0.529. The van der Waals surface area contributed by atoms with Gasteiger partial charge in [-0.05, 0) is 18.4 Å². The SMILES string of the molecule is O=C1C[C@@H](C(=O)NC2CCCCC2)[C@@H](c2ccccc2)O1. The molecule has 0 bridgehead atoms. The molecule has 1 aromatic carbocycles. The van der Waals surface area contributed by atoms with Crippen LogP contribution in [0.15, 0.2) is 30.3 Å². The van der Waals surface area contributed by atoms with Crippen LogP contribution >= 0.6 is 0 Å². The van der Waals surface area contributed by atoms with E-state index in [0.29, 0.717) is 0 Å². The summed E-state index contributed by atoms with van der Waals surface area (Å²) in [6.07, 6.45) is 5.43. The quantitative estimate of drug-likeness (QED) is 0.870. The highest BCUT2D eigenvalue weighted by Crippen LogP contribution is 2.35. The Kier molecular flexibility index (Phi) is 4.23. The molecular formula is C17H21NO3. The van der Waals surface area contributed by atoms with Gasteiger partial charge in [-0.2, -0.15) is 0 Å². The van der Waals surface area contributed by atoms with Crippen LogP contribution in [0.2, 0.25) is 0 Å². The molecule has 1 aromatic rings. The second kappa shape index (κ2) is 6.29. The molecule has 2 aliphatic rings.